The molecule has 0 aromatic rings. The fourth-order valence-electron chi connectivity index (χ4n) is 2.18. The first-order valence-electron chi connectivity index (χ1n) is 11.8. The molecule has 0 radical (unpaired) electrons. The Morgan fingerprint density at radius 2 is 0.562 bits per heavy atom. The van der Waals surface area contributed by atoms with Gasteiger partial charge in [-0.2, -0.15) is 0 Å². The molecule has 0 aliphatic rings. The van der Waals surface area contributed by atoms with Gasteiger partial charge in [0.25, 0.3) is 0 Å². The number of ether oxygens (including phenoxy) is 9. The molecule has 10 heteroatoms. The summed E-state index contributed by atoms with van der Waals surface area (Å²) >= 11 is 0. The van der Waals surface area contributed by atoms with Crippen LogP contribution < -0.4 is 5.32 Å². The van der Waals surface area contributed by atoms with E-state index in [9.17, 15) is 0 Å². The van der Waals surface area contributed by atoms with Crippen LogP contribution in [0, 0.1) is 0 Å². The zero-order valence-corrected chi connectivity index (χ0v) is 20.3. The van der Waals surface area contributed by atoms with Crippen LogP contribution in [-0.4, -0.2) is 133 Å². The van der Waals surface area contributed by atoms with Gasteiger partial charge in [0.2, 0.25) is 0 Å². The molecule has 0 saturated carbocycles. The minimum Gasteiger partial charge on any atom is -0.379 e. The topological polar surface area (TPSA) is 95.1 Å². The summed E-state index contributed by atoms with van der Waals surface area (Å²) in [4.78, 5) is 0. The lowest BCUT2D eigenvalue weighted by atomic mass is 10.5. The number of likely N-dealkylation sites (N-methyl/N-ethyl adjacent to an activating group) is 1. The summed E-state index contributed by atoms with van der Waals surface area (Å²) in [6, 6.07) is 0. The molecule has 0 fully saturated rings. The Morgan fingerprint density at radius 1 is 0.344 bits per heavy atom. The summed E-state index contributed by atoms with van der Waals surface area (Å²) in [5.74, 6) is 0. The van der Waals surface area contributed by atoms with Crippen LogP contribution in [0.15, 0.2) is 0 Å². The highest BCUT2D eigenvalue weighted by Crippen LogP contribution is 1.86. The van der Waals surface area contributed by atoms with Gasteiger partial charge in [-0.1, -0.05) is 6.92 Å². The summed E-state index contributed by atoms with van der Waals surface area (Å²) in [5, 5.41) is 3.02. The maximum atomic E-state index is 5.44. The maximum Gasteiger partial charge on any atom is 0.0701 e. The largest absolute Gasteiger partial charge is 0.379 e. The van der Waals surface area contributed by atoms with Crippen LogP contribution >= 0.6 is 0 Å². The van der Waals surface area contributed by atoms with Crippen LogP contribution in [0.25, 0.3) is 0 Å². The molecule has 0 amide bonds. The van der Waals surface area contributed by atoms with E-state index >= 15 is 0 Å². The third-order valence-corrected chi connectivity index (χ3v) is 3.82. The first-order valence-corrected chi connectivity index (χ1v) is 11.8. The van der Waals surface area contributed by atoms with E-state index in [1.54, 1.807) is 0 Å². The molecule has 0 rings (SSSR count). The molecule has 1 N–H and O–H groups in total. The van der Waals surface area contributed by atoms with Crippen LogP contribution in [0.3, 0.4) is 0 Å². The third kappa shape index (κ3) is 29.6. The monoisotopic (exact) mass is 469 g/mol. The van der Waals surface area contributed by atoms with Crippen LogP contribution in [0.5, 0.6) is 0 Å². The fourth-order valence-corrected chi connectivity index (χ4v) is 2.18. The minimum atomic E-state index is 0.538. The highest BCUT2D eigenvalue weighted by molar-refractivity contribution is 4.39. The second-order valence-electron chi connectivity index (χ2n) is 6.61. The van der Waals surface area contributed by atoms with Gasteiger partial charge >= 0.3 is 0 Å². The van der Waals surface area contributed by atoms with E-state index < -0.39 is 0 Å². The van der Waals surface area contributed by atoms with Gasteiger partial charge in [0.05, 0.1) is 112 Å². The van der Waals surface area contributed by atoms with Crippen LogP contribution in [0.1, 0.15) is 13.3 Å². The Morgan fingerprint density at radius 3 is 0.781 bits per heavy atom. The van der Waals surface area contributed by atoms with Gasteiger partial charge in [-0.15, -0.1) is 0 Å². The zero-order valence-electron chi connectivity index (χ0n) is 20.3. The molecule has 0 aliphatic heterocycles. The second kappa shape index (κ2) is 30.6. The van der Waals surface area contributed by atoms with Crippen molar-refractivity contribution in [2.75, 3.05) is 133 Å². The van der Waals surface area contributed by atoms with Crippen LogP contribution in [0.2, 0.25) is 0 Å². The van der Waals surface area contributed by atoms with Gasteiger partial charge in [-0.05, 0) is 13.5 Å². The van der Waals surface area contributed by atoms with Crippen LogP contribution in [-0.2, 0) is 42.6 Å². The normalized spacial score (nSPS) is 11.4. The fraction of sp³-hybridized carbons (Fsp3) is 1.00. The van der Waals surface area contributed by atoms with Gasteiger partial charge in [0, 0.05) is 13.2 Å². The van der Waals surface area contributed by atoms with Crippen molar-refractivity contribution in [1.29, 1.82) is 0 Å². The van der Waals surface area contributed by atoms with Gasteiger partial charge in [0.15, 0.2) is 0 Å². The Hall–Kier alpha value is -0.400. The molecule has 0 aliphatic carbocycles. The van der Waals surface area contributed by atoms with E-state index in [2.05, 4.69) is 12.2 Å². The van der Waals surface area contributed by atoms with Gasteiger partial charge < -0.3 is 47.9 Å². The lowest BCUT2D eigenvalue weighted by Crippen LogP contribution is -2.17. The standard InChI is InChI=1S/C22H47NO9/c1-3-5-24-7-9-26-11-13-28-15-17-30-19-21-32-22-20-31-18-16-29-14-12-27-10-8-25-6-4-23-2/h23H,3-22H2,1-2H3. The van der Waals surface area contributed by atoms with Crippen molar-refractivity contribution >= 4 is 0 Å². The molecule has 0 aromatic carbocycles. The van der Waals surface area contributed by atoms with E-state index in [0.717, 1.165) is 19.6 Å². The smallest absolute Gasteiger partial charge is 0.0701 e. The maximum absolute atomic E-state index is 5.44. The zero-order chi connectivity index (χ0) is 23.2. The first kappa shape index (κ1) is 31.6. The van der Waals surface area contributed by atoms with E-state index in [4.69, 9.17) is 42.6 Å². The molecule has 0 heterocycles. The average molecular weight is 470 g/mol. The Kier molecular flexibility index (Phi) is 30.2. The van der Waals surface area contributed by atoms with Crippen molar-refractivity contribution < 1.29 is 42.6 Å². The molecule has 0 atom stereocenters. The Labute approximate surface area is 194 Å². The van der Waals surface area contributed by atoms with Crippen molar-refractivity contribution in [2.24, 2.45) is 0 Å². The number of nitrogens with one attached hydrogen (secondary N) is 1. The summed E-state index contributed by atoms with van der Waals surface area (Å²) in [6.45, 7) is 13.4. The lowest BCUT2D eigenvalue weighted by Gasteiger charge is -2.08. The molecule has 32 heavy (non-hydrogen) atoms. The Bertz CT molecular complexity index is 298. The average Bonchev–Trinajstić information content (AvgIpc) is 2.81. The highest BCUT2D eigenvalue weighted by Gasteiger charge is 1.95. The molecule has 0 spiro atoms. The van der Waals surface area contributed by atoms with Gasteiger partial charge in [0.1, 0.15) is 0 Å². The number of hydrogen-bond acceptors (Lipinski definition) is 10. The Balaban J connectivity index is 2.98. The second-order valence-corrected chi connectivity index (χ2v) is 6.61. The summed E-state index contributed by atoms with van der Waals surface area (Å²) < 4.78 is 48.6. The lowest BCUT2D eigenvalue weighted by molar-refractivity contribution is -0.0249. The quantitative estimate of drug-likeness (QED) is 0.158. The van der Waals surface area contributed by atoms with E-state index in [-0.39, 0.29) is 0 Å². The molecule has 0 unspecified atom stereocenters. The summed E-state index contributed by atoms with van der Waals surface area (Å²) in [7, 11) is 1.90. The first-order chi connectivity index (χ1) is 15.9. The molecule has 10 nitrogen and oxygen atoms in total. The van der Waals surface area contributed by atoms with E-state index in [1.165, 1.54) is 0 Å². The van der Waals surface area contributed by atoms with E-state index in [1.807, 2.05) is 7.05 Å². The van der Waals surface area contributed by atoms with Crippen LogP contribution in [0.4, 0.5) is 0 Å². The SMILES string of the molecule is CCCOCCOCCOCCOCCOCCOCCOCCOCCOCCNC. The molecule has 0 bridgehead atoms. The molecule has 0 aromatic heterocycles. The molecular weight excluding hydrogens is 422 g/mol. The van der Waals surface area contributed by atoms with Crippen molar-refractivity contribution in [3.63, 3.8) is 0 Å². The summed E-state index contributed by atoms with van der Waals surface area (Å²) in [6.07, 6.45) is 1.03. The minimum absolute atomic E-state index is 0.538. The van der Waals surface area contributed by atoms with Crippen molar-refractivity contribution in [3.05, 3.63) is 0 Å². The van der Waals surface area contributed by atoms with Crippen molar-refractivity contribution in [2.45, 2.75) is 13.3 Å². The van der Waals surface area contributed by atoms with Crippen molar-refractivity contribution in [1.82, 2.24) is 5.32 Å². The molecule has 0 saturated heterocycles. The van der Waals surface area contributed by atoms with E-state index in [0.29, 0.717) is 112 Å². The number of hydrogen-bond donors (Lipinski definition) is 1. The molecular formula is C22H47NO9. The predicted octanol–water partition coefficient (Wildman–Crippen LogP) is 0.765. The molecule has 194 valence electrons. The van der Waals surface area contributed by atoms with Crippen molar-refractivity contribution in [3.8, 4) is 0 Å². The third-order valence-electron chi connectivity index (χ3n) is 3.82. The van der Waals surface area contributed by atoms with Gasteiger partial charge in [-0.3, -0.25) is 0 Å². The van der Waals surface area contributed by atoms with Gasteiger partial charge in [-0.25, -0.2) is 0 Å². The predicted molar refractivity (Wildman–Crippen MR) is 122 cm³/mol. The summed E-state index contributed by atoms with van der Waals surface area (Å²) in [5.41, 5.74) is 0. The highest BCUT2D eigenvalue weighted by atomic mass is 16.6. The number of rotatable bonds is 29.